The van der Waals surface area contributed by atoms with Crippen LogP contribution in [0.3, 0.4) is 0 Å². The van der Waals surface area contributed by atoms with Gasteiger partial charge in [-0.05, 0) is 24.5 Å². The molecule has 1 amide bonds. The Bertz CT molecular complexity index is 609. The average molecular weight is 268 g/mol. The predicted molar refractivity (Wildman–Crippen MR) is 75.2 cm³/mol. The summed E-state index contributed by atoms with van der Waals surface area (Å²) in [5, 5.41) is 9.45. The summed E-state index contributed by atoms with van der Waals surface area (Å²) in [6.45, 7) is 0.597. The molecule has 1 aliphatic carbocycles. The van der Waals surface area contributed by atoms with Gasteiger partial charge in [-0.3, -0.25) is 9.78 Å². The maximum absolute atomic E-state index is 12.6. The van der Waals surface area contributed by atoms with Crippen molar-refractivity contribution in [2.75, 3.05) is 0 Å². The van der Waals surface area contributed by atoms with Crippen LogP contribution in [0.25, 0.3) is 0 Å². The molecule has 2 aromatic rings. The minimum absolute atomic E-state index is 0.0197. The first-order chi connectivity index (χ1) is 9.74. The maximum Gasteiger partial charge on any atom is 0.256 e. The van der Waals surface area contributed by atoms with Gasteiger partial charge in [-0.25, -0.2) is 0 Å². The minimum Gasteiger partial charge on any atom is -0.506 e. The number of hydrogen-bond acceptors (Lipinski definition) is 3. The summed E-state index contributed by atoms with van der Waals surface area (Å²) in [4.78, 5) is 18.3. The molecule has 1 fully saturated rings. The molecule has 3 rings (SSSR count). The Labute approximate surface area is 117 Å². The van der Waals surface area contributed by atoms with Gasteiger partial charge in [0.05, 0.1) is 11.8 Å². The highest BCUT2D eigenvalue weighted by molar-refractivity contribution is 5.94. The summed E-state index contributed by atoms with van der Waals surface area (Å²) < 4.78 is 0. The van der Waals surface area contributed by atoms with Gasteiger partial charge in [-0.1, -0.05) is 30.3 Å². The molecule has 1 saturated carbocycles. The number of amides is 1. The SMILES string of the molecule is O=C(c1cncc(O)c1)N(Cc1ccccc1)C1CC1. The zero-order valence-electron chi connectivity index (χ0n) is 11.1. The quantitative estimate of drug-likeness (QED) is 0.927. The van der Waals surface area contributed by atoms with Crippen molar-refractivity contribution in [2.24, 2.45) is 0 Å². The first-order valence-electron chi connectivity index (χ1n) is 6.73. The zero-order chi connectivity index (χ0) is 13.9. The number of hydrogen-bond donors (Lipinski definition) is 1. The van der Waals surface area contributed by atoms with Gasteiger partial charge in [-0.2, -0.15) is 0 Å². The van der Waals surface area contributed by atoms with Crippen LogP contribution in [0.15, 0.2) is 48.8 Å². The third-order valence-corrected chi connectivity index (χ3v) is 3.42. The van der Waals surface area contributed by atoms with E-state index >= 15 is 0 Å². The second kappa shape index (κ2) is 5.33. The molecule has 1 heterocycles. The molecule has 102 valence electrons. The highest BCUT2D eigenvalue weighted by Crippen LogP contribution is 2.30. The van der Waals surface area contributed by atoms with Crippen LogP contribution in [-0.4, -0.2) is 26.9 Å². The van der Waals surface area contributed by atoms with Crippen molar-refractivity contribution < 1.29 is 9.90 Å². The summed E-state index contributed by atoms with van der Waals surface area (Å²) >= 11 is 0. The fraction of sp³-hybridized carbons (Fsp3) is 0.250. The first kappa shape index (κ1) is 12.7. The summed E-state index contributed by atoms with van der Waals surface area (Å²) in [5.41, 5.74) is 1.55. The first-order valence-corrected chi connectivity index (χ1v) is 6.73. The Kier molecular flexibility index (Phi) is 3.37. The van der Waals surface area contributed by atoms with E-state index in [4.69, 9.17) is 0 Å². The molecular weight excluding hydrogens is 252 g/mol. The number of benzene rings is 1. The summed E-state index contributed by atoms with van der Waals surface area (Å²) in [6, 6.07) is 11.7. The van der Waals surface area contributed by atoms with E-state index < -0.39 is 0 Å². The third kappa shape index (κ3) is 2.79. The minimum atomic E-state index is -0.0697. The van der Waals surface area contributed by atoms with E-state index in [2.05, 4.69) is 4.98 Å². The van der Waals surface area contributed by atoms with Crippen LogP contribution >= 0.6 is 0 Å². The fourth-order valence-corrected chi connectivity index (χ4v) is 2.24. The van der Waals surface area contributed by atoms with Crippen molar-refractivity contribution in [1.29, 1.82) is 0 Å². The fourth-order valence-electron chi connectivity index (χ4n) is 2.24. The molecule has 1 aromatic heterocycles. The Morgan fingerprint density at radius 1 is 1.25 bits per heavy atom. The largest absolute Gasteiger partial charge is 0.506 e. The van der Waals surface area contributed by atoms with Gasteiger partial charge in [0.2, 0.25) is 0 Å². The Balaban J connectivity index is 1.82. The van der Waals surface area contributed by atoms with E-state index in [9.17, 15) is 9.90 Å². The normalized spacial score (nSPS) is 14.0. The second-order valence-corrected chi connectivity index (χ2v) is 5.08. The van der Waals surface area contributed by atoms with Crippen molar-refractivity contribution in [1.82, 2.24) is 9.88 Å². The number of carbonyl (C=O) groups excluding carboxylic acids is 1. The lowest BCUT2D eigenvalue weighted by atomic mass is 10.2. The smallest absolute Gasteiger partial charge is 0.256 e. The number of carbonyl (C=O) groups is 1. The summed E-state index contributed by atoms with van der Waals surface area (Å²) in [6.07, 6.45) is 4.92. The van der Waals surface area contributed by atoms with Crippen LogP contribution in [0.2, 0.25) is 0 Å². The highest BCUT2D eigenvalue weighted by Gasteiger charge is 2.33. The lowest BCUT2D eigenvalue weighted by Crippen LogP contribution is -2.32. The molecule has 4 nitrogen and oxygen atoms in total. The monoisotopic (exact) mass is 268 g/mol. The molecule has 0 bridgehead atoms. The predicted octanol–water partition coefficient (Wildman–Crippen LogP) is 2.59. The number of aromatic nitrogens is 1. The molecule has 0 aliphatic heterocycles. The molecule has 0 atom stereocenters. The van der Waals surface area contributed by atoms with Gasteiger partial charge < -0.3 is 10.0 Å². The summed E-state index contributed by atoms with van der Waals surface area (Å²) in [5.74, 6) is -0.0499. The van der Waals surface area contributed by atoms with E-state index in [-0.39, 0.29) is 11.7 Å². The van der Waals surface area contributed by atoms with Crippen molar-refractivity contribution in [2.45, 2.75) is 25.4 Å². The molecule has 1 aromatic carbocycles. The van der Waals surface area contributed by atoms with Crippen LogP contribution in [0.5, 0.6) is 5.75 Å². The van der Waals surface area contributed by atoms with Crippen LogP contribution in [0.4, 0.5) is 0 Å². The van der Waals surface area contributed by atoms with Crippen molar-refractivity contribution in [3.63, 3.8) is 0 Å². The van der Waals surface area contributed by atoms with Crippen molar-refractivity contribution in [3.8, 4) is 5.75 Å². The second-order valence-electron chi connectivity index (χ2n) is 5.08. The summed E-state index contributed by atoms with van der Waals surface area (Å²) in [7, 11) is 0. The average Bonchev–Trinajstić information content (AvgIpc) is 3.30. The lowest BCUT2D eigenvalue weighted by Gasteiger charge is -2.22. The number of nitrogens with zero attached hydrogens (tertiary/aromatic N) is 2. The molecule has 0 spiro atoms. The zero-order valence-corrected chi connectivity index (χ0v) is 11.1. The van der Waals surface area contributed by atoms with E-state index in [1.807, 2.05) is 35.2 Å². The standard InChI is InChI=1S/C16H16N2O2/c19-15-8-13(9-17-10-15)16(20)18(14-6-7-14)11-12-4-2-1-3-5-12/h1-5,8-10,14,19H,6-7,11H2. The van der Waals surface area contributed by atoms with Gasteiger partial charge in [0.25, 0.3) is 5.91 Å². The van der Waals surface area contributed by atoms with Crippen LogP contribution in [-0.2, 0) is 6.54 Å². The van der Waals surface area contributed by atoms with E-state index in [0.717, 1.165) is 18.4 Å². The van der Waals surface area contributed by atoms with Gasteiger partial charge in [-0.15, -0.1) is 0 Å². The van der Waals surface area contributed by atoms with Crippen LogP contribution < -0.4 is 0 Å². The van der Waals surface area contributed by atoms with E-state index in [1.54, 1.807) is 0 Å². The lowest BCUT2D eigenvalue weighted by molar-refractivity contribution is 0.0729. The number of pyridine rings is 1. The molecular formula is C16H16N2O2. The van der Waals surface area contributed by atoms with Crippen LogP contribution in [0.1, 0.15) is 28.8 Å². The number of rotatable bonds is 4. The van der Waals surface area contributed by atoms with Gasteiger partial charge in [0, 0.05) is 18.8 Å². The topological polar surface area (TPSA) is 53.4 Å². The van der Waals surface area contributed by atoms with Crippen LogP contribution in [0, 0.1) is 0 Å². The highest BCUT2D eigenvalue weighted by atomic mass is 16.3. The third-order valence-electron chi connectivity index (χ3n) is 3.42. The van der Waals surface area contributed by atoms with Crippen molar-refractivity contribution >= 4 is 5.91 Å². The van der Waals surface area contributed by atoms with Gasteiger partial charge in [0.15, 0.2) is 0 Å². The van der Waals surface area contributed by atoms with E-state index in [1.165, 1.54) is 18.5 Å². The van der Waals surface area contributed by atoms with Gasteiger partial charge >= 0.3 is 0 Å². The Morgan fingerprint density at radius 2 is 2.00 bits per heavy atom. The molecule has 1 aliphatic rings. The number of aromatic hydroxyl groups is 1. The van der Waals surface area contributed by atoms with Gasteiger partial charge in [0.1, 0.15) is 5.75 Å². The molecule has 4 heteroatoms. The Morgan fingerprint density at radius 3 is 2.65 bits per heavy atom. The molecule has 0 radical (unpaired) electrons. The molecule has 20 heavy (non-hydrogen) atoms. The van der Waals surface area contributed by atoms with Crippen molar-refractivity contribution in [3.05, 3.63) is 59.9 Å². The molecule has 0 saturated heterocycles. The van der Waals surface area contributed by atoms with E-state index in [0.29, 0.717) is 18.2 Å². The molecule has 0 unspecified atom stereocenters. The Hall–Kier alpha value is -2.36. The maximum atomic E-state index is 12.6. The molecule has 1 N–H and O–H groups in total.